The SMILES string of the molecule is CCCNCc1ccc(CN2CCCCC2CCC)nc1. The molecule has 1 unspecified atom stereocenters. The maximum Gasteiger partial charge on any atom is 0.0544 e. The molecule has 0 aliphatic carbocycles. The molecule has 1 saturated heterocycles. The number of nitrogens with one attached hydrogen (secondary N) is 1. The summed E-state index contributed by atoms with van der Waals surface area (Å²) in [6.07, 6.45) is 9.95. The monoisotopic (exact) mass is 289 g/mol. The average molecular weight is 289 g/mol. The van der Waals surface area contributed by atoms with Gasteiger partial charge in [0, 0.05) is 25.3 Å². The van der Waals surface area contributed by atoms with Crippen molar-refractivity contribution in [3.05, 3.63) is 29.6 Å². The van der Waals surface area contributed by atoms with Gasteiger partial charge in [0.1, 0.15) is 0 Å². The van der Waals surface area contributed by atoms with Crippen LogP contribution in [0.2, 0.25) is 0 Å². The molecular formula is C18H31N3. The van der Waals surface area contributed by atoms with E-state index in [-0.39, 0.29) is 0 Å². The standard InChI is InChI=1S/C18H31N3/c1-3-7-18-8-5-6-12-21(18)15-17-10-9-16(14-20-17)13-19-11-4-2/h9-10,14,18-19H,3-8,11-13,15H2,1-2H3. The van der Waals surface area contributed by atoms with E-state index < -0.39 is 0 Å². The van der Waals surface area contributed by atoms with Crippen LogP contribution in [0.4, 0.5) is 0 Å². The quantitative estimate of drug-likeness (QED) is 0.739. The zero-order valence-electron chi connectivity index (χ0n) is 13.8. The third kappa shape index (κ3) is 5.40. The first-order valence-electron chi connectivity index (χ1n) is 8.72. The molecule has 1 aromatic heterocycles. The Morgan fingerprint density at radius 1 is 1.24 bits per heavy atom. The zero-order chi connectivity index (χ0) is 14.9. The van der Waals surface area contributed by atoms with E-state index in [2.05, 4.69) is 41.2 Å². The molecular weight excluding hydrogens is 258 g/mol. The Bertz CT molecular complexity index is 386. The Kier molecular flexibility index (Phi) is 7.17. The van der Waals surface area contributed by atoms with Gasteiger partial charge in [-0.2, -0.15) is 0 Å². The smallest absolute Gasteiger partial charge is 0.0544 e. The molecule has 1 fully saturated rings. The second kappa shape index (κ2) is 9.16. The van der Waals surface area contributed by atoms with Crippen LogP contribution in [0.1, 0.15) is 63.6 Å². The van der Waals surface area contributed by atoms with Gasteiger partial charge in [-0.15, -0.1) is 0 Å². The molecule has 2 rings (SSSR count). The van der Waals surface area contributed by atoms with Crippen LogP contribution in [-0.2, 0) is 13.1 Å². The third-order valence-electron chi connectivity index (χ3n) is 4.38. The maximum atomic E-state index is 4.66. The predicted octanol–water partition coefficient (Wildman–Crippen LogP) is 3.74. The zero-order valence-corrected chi connectivity index (χ0v) is 13.8. The number of piperidine rings is 1. The van der Waals surface area contributed by atoms with Gasteiger partial charge in [0.25, 0.3) is 0 Å². The summed E-state index contributed by atoms with van der Waals surface area (Å²) < 4.78 is 0. The van der Waals surface area contributed by atoms with Crippen molar-refractivity contribution in [1.29, 1.82) is 0 Å². The molecule has 118 valence electrons. The summed E-state index contributed by atoms with van der Waals surface area (Å²) in [5.74, 6) is 0. The fraction of sp³-hybridized carbons (Fsp3) is 0.722. The highest BCUT2D eigenvalue weighted by Crippen LogP contribution is 2.22. The van der Waals surface area contributed by atoms with Gasteiger partial charge in [-0.3, -0.25) is 9.88 Å². The van der Waals surface area contributed by atoms with E-state index in [1.807, 2.05) is 6.20 Å². The number of hydrogen-bond donors (Lipinski definition) is 1. The Hall–Kier alpha value is -0.930. The summed E-state index contributed by atoms with van der Waals surface area (Å²) in [7, 11) is 0. The minimum absolute atomic E-state index is 0.774. The summed E-state index contributed by atoms with van der Waals surface area (Å²) in [4.78, 5) is 7.31. The summed E-state index contributed by atoms with van der Waals surface area (Å²) in [6.45, 7) is 8.76. The molecule has 0 radical (unpaired) electrons. The Labute approximate surface area is 130 Å². The molecule has 0 bridgehead atoms. The molecule has 1 aromatic rings. The number of rotatable bonds is 8. The lowest BCUT2D eigenvalue weighted by Gasteiger charge is -2.35. The lowest BCUT2D eigenvalue weighted by Crippen LogP contribution is -2.39. The minimum atomic E-state index is 0.774. The Balaban J connectivity index is 1.86. The van der Waals surface area contributed by atoms with E-state index in [0.29, 0.717) is 0 Å². The molecule has 3 heteroatoms. The van der Waals surface area contributed by atoms with Crippen LogP contribution in [0.5, 0.6) is 0 Å². The van der Waals surface area contributed by atoms with Crippen LogP contribution in [0.3, 0.4) is 0 Å². The first-order chi connectivity index (χ1) is 10.3. The van der Waals surface area contributed by atoms with Crippen molar-refractivity contribution in [2.45, 2.75) is 71.5 Å². The van der Waals surface area contributed by atoms with Crippen molar-refractivity contribution in [2.24, 2.45) is 0 Å². The first kappa shape index (κ1) is 16.4. The molecule has 3 nitrogen and oxygen atoms in total. The molecule has 0 aromatic carbocycles. The summed E-state index contributed by atoms with van der Waals surface area (Å²) in [5, 5.41) is 3.43. The van der Waals surface area contributed by atoms with Gasteiger partial charge in [0.15, 0.2) is 0 Å². The molecule has 0 spiro atoms. The van der Waals surface area contributed by atoms with E-state index in [4.69, 9.17) is 0 Å². The lowest BCUT2D eigenvalue weighted by atomic mass is 9.98. The molecule has 0 amide bonds. The number of likely N-dealkylation sites (tertiary alicyclic amines) is 1. The topological polar surface area (TPSA) is 28.2 Å². The third-order valence-corrected chi connectivity index (χ3v) is 4.38. The van der Waals surface area contributed by atoms with Crippen LogP contribution in [0.15, 0.2) is 18.3 Å². The maximum absolute atomic E-state index is 4.66. The van der Waals surface area contributed by atoms with Crippen LogP contribution in [-0.4, -0.2) is 29.0 Å². The molecule has 0 saturated carbocycles. The summed E-state index contributed by atoms with van der Waals surface area (Å²) in [5.41, 5.74) is 2.51. The molecule has 1 atom stereocenters. The van der Waals surface area contributed by atoms with E-state index in [9.17, 15) is 0 Å². The van der Waals surface area contributed by atoms with Crippen molar-refractivity contribution >= 4 is 0 Å². The van der Waals surface area contributed by atoms with Crippen LogP contribution < -0.4 is 5.32 Å². The van der Waals surface area contributed by atoms with Gasteiger partial charge in [-0.05, 0) is 50.4 Å². The molecule has 1 aliphatic rings. The highest BCUT2D eigenvalue weighted by molar-refractivity contribution is 5.14. The van der Waals surface area contributed by atoms with Gasteiger partial charge >= 0.3 is 0 Å². The van der Waals surface area contributed by atoms with Gasteiger partial charge < -0.3 is 5.32 Å². The highest BCUT2D eigenvalue weighted by Gasteiger charge is 2.21. The van der Waals surface area contributed by atoms with Crippen LogP contribution in [0, 0.1) is 0 Å². The van der Waals surface area contributed by atoms with Crippen LogP contribution in [0.25, 0.3) is 0 Å². The van der Waals surface area contributed by atoms with Crippen molar-refractivity contribution in [3.63, 3.8) is 0 Å². The Morgan fingerprint density at radius 3 is 2.86 bits per heavy atom. The summed E-state index contributed by atoms with van der Waals surface area (Å²) in [6, 6.07) is 5.21. The lowest BCUT2D eigenvalue weighted by molar-refractivity contribution is 0.130. The van der Waals surface area contributed by atoms with E-state index in [1.54, 1.807) is 0 Å². The second-order valence-corrected chi connectivity index (χ2v) is 6.24. The number of nitrogens with zero attached hydrogens (tertiary/aromatic N) is 2. The van der Waals surface area contributed by atoms with E-state index in [1.165, 1.54) is 56.3 Å². The molecule has 2 heterocycles. The average Bonchev–Trinajstić information content (AvgIpc) is 2.51. The normalized spacial score (nSPS) is 19.8. The van der Waals surface area contributed by atoms with Crippen molar-refractivity contribution in [2.75, 3.05) is 13.1 Å². The highest BCUT2D eigenvalue weighted by atomic mass is 15.2. The fourth-order valence-corrected chi connectivity index (χ4v) is 3.20. The predicted molar refractivity (Wildman–Crippen MR) is 89.2 cm³/mol. The van der Waals surface area contributed by atoms with Crippen molar-refractivity contribution in [3.8, 4) is 0 Å². The largest absolute Gasteiger partial charge is 0.313 e. The van der Waals surface area contributed by atoms with E-state index in [0.717, 1.165) is 25.7 Å². The second-order valence-electron chi connectivity index (χ2n) is 6.24. The number of hydrogen-bond acceptors (Lipinski definition) is 3. The van der Waals surface area contributed by atoms with E-state index >= 15 is 0 Å². The van der Waals surface area contributed by atoms with Crippen molar-refractivity contribution in [1.82, 2.24) is 15.2 Å². The first-order valence-corrected chi connectivity index (χ1v) is 8.72. The molecule has 1 aliphatic heterocycles. The summed E-state index contributed by atoms with van der Waals surface area (Å²) >= 11 is 0. The molecule has 1 N–H and O–H groups in total. The van der Waals surface area contributed by atoms with Gasteiger partial charge in [0.05, 0.1) is 5.69 Å². The van der Waals surface area contributed by atoms with Gasteiger partial charge in [-0.25, -0.2) is 0 Å². The van der Waals surface area contributed by atoms with Gasteiger partial charge in [0.2, 0.25) is 0 Å². The molecule has 21 heavy (non-hydrogen) atoms. The van der Waals surface area contributed by atoms with Gasteiger partial charge in [-0.1, -0.05) is 32.8 Å². The Morgan fingerprint density at radius 2 is 2.14 bits per heavy atom. The number of pyridine rings is 1. The van der Waals surface area contributed by atoms with Crippen molar-refractivity contribution < 1.29 is 0 Å². The minimum Gasteiger partial charge on any atom is -0.313 e. The number of aromatic nitrogens is 1. The van der Waals surface area contributed by atoms with Crippen LogP contribution >= 0.6 is 0 Å². The fourth-order valence-electron chi connectivity index (χ4n) is 3.20.